The van der Waals surface area contributed by atoms with E-state index < -0.39 is 5.91 Å². The standard InChI is InChI=1S/C21H28FN5O3/c1-25(2)9-5-8-19(28)27-12-16(14-6-4-7-15(22)10-14)17(13-27)24-20(29)18-11-23-21(30)26(18)3/h4,6-7,10-11,16-17H,5,8-9,12-13H2,1-3H3,(H,23,30)(H,24,29)/t16-,17+/m0/s1. The third-order valence-corrected chi connectivity index (χ3v) is 5.49. The fourth-order valence-corrected chi connectivity index (χ4v) is 3.83. The van der Waals surface area contributed by atoms with E-state index in [0.717, 1.165) is 18.5 Å². The number of halogens is 1. The molecule has 2 heterocycles. The number of amides is 2. The Kier molecular flexibility index (Phi) is 6.71. The summed E-state index contributed by atoms with van der Waals surface area (Å²) in [7, 11) is 5.42. The molecule has 1 aromatic heterocycles. The van der Waals surface area contributed by atoms with E-state index in [1.807, 2.05) is 19.0 Å². The quantitative estimate of drug-likeness (QED) is 0.701. The average molecular weight is 417 g/mol. The maximum Gasteiger partial charge on any atom is 0.325 e. The van der Waals surface area contributed by atoms with Gasteiger partial charge in [-0.25, -0.2) is 9.18 Å². The van der Waals surface area contributed by atoms with Crippen molar-refractivity contribution in [3.63, 3.8) is 0 Å². The highest BCUT2D eigenvalue weighted by atomic mass is 19.1. The highest BCUT2D eigenvalue weighted by Gasteiger charge is 2.37. The second-order valence-electron chi connectivity index (χ2n) is 7.99. The van der Waals surface area contributed by atoms with Crippen LogP contribution < -0.4 is 11.0 Å². The summed E-state index contributed by atoms with van der Waals surface area (Å²) in [6, 6.07) is 5.85. The molecule has 2 aromatic rings. The number of nitrogens with one attached hydrogen (secondary N) is 2. The summed E-state index contributed by atoms with van der Waals surface area (Å²) in [5.41, 5.74) is 0.548. The molecule has 2 atom stereocenters. The zero-order chi connectivity index (χ0) is 21.8. The third-order valence-electron chi connectivity index (χ3n) is 5.49. The first-order chi connectivity index (χ1) is 14.3. The Morgan fingerprint density at radius 3 is 2.70 bits per heavy atom. The van der Waals surface area contributed by atoms with E-state index in [-0.39, 0.29) is 35.1 Å². The van der Waals surface area contributed by atoms with Crippen LogP contribution in [0.2, 0.25) is 0 Å². The van der Waals surface area contributed by atoms with Crippen molar-refractivity contribution in [3.05, 3.63) is 58.0 Å². The third kappa shape index (κ3) is 4.96. The van der Waals surface area contributed by atoms with Gasteiger partial charge >= 0.3 is 5.69 Å². The fourth-order valence-electron chi connectivity index (χ4n) is 3.83. The largest absolute Gasteiger partial charge is 0.346 e. The smallest absolute Gasteiger partial charge is 0.325 e. The Hall–Kier alpha value is -2.94. The fraction of sp³-hybridized carbons (Fsp3) is 0.476. The number of aromatic nitrogens is 2. The van der Waals surface area contributed by atoms with Gasteiger partial charge in [-0.1, -0.05) is 12.1 Å². The Balaban J connectivity index is 1.77. The zero-order valence-electron chi connectivity index (χ0n) is 17.5. The number of carbonyl (C=O) groups is 2. The molecule has 1 saturated heterocycles. The van der Waals surface area contributed by atoms with E-state index in [1.165, 1.54) is 29.9 Å². The van der Waals surface area contributed by atoms with Crippen molar-refractivity contribution >= 4 is 11.8 Å². The van der Waals surface area contributed by atoms with Gasteiger partial charge in [0.15, 0.2) is 0 Å². The first-order valence-corrected chi connectivity index (χ1v) is 9.99. The molecule has 1 fully saturated rings. The molecule has 0 aliphatic carbocycles. The lowest BCUT2D eigenvalue weighted by molar-refractivity contribution is -0.130. The lowest BCUT2D eigenvalue weighted by Gasteiger charge is -2.20. The maximum absolute atomic E-state index is 13.8. The van der Waals surface area contributed by atoms with Crippen molar-refractivity contribution in [2.24, 2.45) is 7.05 Å². The Bertz CT molecular complexity index is 968. The van der Waals surface area contributed by atoms with Crippen LogP contribution in [0.4, 0.5) is 4.39 Å². The number of benzene rings is 1. The number of nitrogens with zero attached hydrogens (tertiary/aromatic N) is 3. The van der Waals surface area contributed by atoms with Crippen LogP contribution in [-0.2, 0) is 11.8 Å². The number of imidazole rings is 1. The van der Waals surface area contributed by atoms with Gasteiger partial charge in [0.1, 0.15) is 11.5 Å². The molecule has 0 unspecified atom stereocenters. The minimum absolute atomic E-state index is 0.0176. The minimum Gasteiger partial charge on any atom is -0.346 e. The van der Waals surface area contributed by atoms with Crippen LogP contribution in [0.25, 0.3) is 0 Å². The van der Waals surface area contributed by atoms with Crippen molar-refractivity contribution in [1.82, 2.24) is 24.7 Å². The van der Waals surface area contributed by atoms with Gasteiger partial charge in [0.2, 0.25) is 5.91 Å². The summed E-state index contributed by atoms with van der Waals surface area (Å²) >= 11 is 0. The van der Waals surface area contributed by atoms with Crippen LogP contribution in [0, 0.1) is 5.82 Å². The van der Waals surface area contributed by atoms with E-state index in [4.69, 9.17) is 0 Å². The highest BCUT2D eigenvalue weighted by molar-refractivity contribution is 5.92. The lowest BCUT2D eigenvalue weighted by atomic mass is 9.94. The molecule has 8 nitrogen and oxygen atoms in total. The normalized spacial score (nSPS) is 18.8. The van der Waals surface area contributed by atoms with Crippen molar-refractivity contribution in [2.45, 2.75) is 24.8 Å². The van der Waals surface area contributed by atoms with E-state index in [0.29, 0.717) is 19.5 Å². The first-order valence-electron chi connectivity index (χ1n) is 9.99. The van der Waals surface area contributed by atoms with Gasteiger partial charge in [-0.2, -0.15) is 0 Å². The summed E-state index contributed by atoms with van der Waals surface area (Å²) in [5, 5.41) is 2.93. The molecule has 30 heavy (non-hydrogen) atoms. The van der Waals surface area contributed by atoms with Crippen LogP contribution >= 0.6 is 0 Å². The molecular weight excluding hydrogens is 389 g/mol. The molecule has 0 radical (unpaired) electrons. The summed E-state index contributed by atoms with van der Waals surface area (Å²) in [6.45, 7) is 1.56. The van der Waals surface area contributed by atoms with Gasteiger partial charge in [0.25, 0.3) is 5.91 Å². The van der Waals surface area contributed by atoms with Crippen LogP contribution in [0.5, 0.6) is 0 Å². The van der Waals surface area contributed by atoms with Gasteiger partial charge < -0.3 is 20.1 Å². The molecule has 162 valence electrons. The molecule has 1 aliphatic heterocycles. The number of likely N-dealkylation sites (tertiary alicyclic amines) is 1. The number of carbonyl (C=O) groups excluding carboxylic acids is 2. The molecule has 0 saturated carbocycles. The number of rotatable bonds is 7. The van der Waals surface area contributed by atoms with Crippen LogP contribution in [-0.4, -0.2) is 70.9 Å². The Morgan fingerprint density at radius 1 is 1.30 bits per heavy atom. The van der Waals surface area contributed by atoms with Crippen molar-refractivity contribution in [3.8, 4) is 0 Å². The Morgan fingerprint density at radius 2 is 2.07 bits per heavy atom. The monoisotopic (exact) mass is 417 g/mol. The van der Waals surface area contributed by atoms with Gasteiger partial charge in [0, 0.05) is 38.7 Å². The number of hydrogen-bond acceptors (Lipinski definition) is 4. The Labute approximate surface area is 174 Å². The summed E-state index contributed by atoms with van der Waals surface area (Å²) in [5.74, 6) is -0.993. The SMILES string of the molecule is CN(C)CCCC(=O)N1C[C@@H](NC(=O)c2c[nH]c(=O)n2C)[C@H](c2cccc(F)c2)C1. The van der Waals surface area contributed by atoms with E-state index >= 15 is 0 Å². The van der Waals surface area contributed by atoms with E-state index in [2.05, 4.69) is 10.3 Å². The van der Waals surface area contributed by atoms with E-state index in [1.54, 1.807) is 17.0 Å². The topological polar surface area (TPSA) is 90.4 Å². The molecule has 2 N–H and O–H groups in total. The van der Waals surface area contributed by atoms with Gasteiger partial charge in [-0.15, -0.1) is 0 Å². The van der Waals surface area contributed by atoms with E-state index in [9.17, 15) is 18.8 Å². The minimum atomic E-state index is -0.413. The molecule has 3 rings (SSSR count). The van der Waals surface area contributed by atoms with Gasteiger partial charge in [0.05, 0.1) is 6.04 Å². The summed E-state index contributed by atoms with van der Waals surface area (Å²) < 4.78 is 15.0. The van der Waals surface area contributed by atoms with Crippen LogP contribution in [0.1, 0.15) is 34.8 Å². The van der Waals surface area contributed by atoms with Gasteiger partial charge in [-0.3, -0.25) is 14.2 Å². The molecule has 1 aliphatic rings. The number of H-pyrrole nitrogens is 1. The molecule has 1 aromatic carbocycles. The van der Waals surface area contributed by atoms with Crippen molar-refractivity contribution in [1.29, 1.82) is 0 Å². The molecule has 0 bridgehead atoms. The van der Waals surface area contributed by atoms with Crippen molar-refractivity contribution in [2.75, 3.05) is 33.7 Å². The number of aromatic amines is 1. The molecule has 2 amide bonds. The summed E-state index contributed by atoms with van der Waals surface area (Å²) in [6.07, 6.45) is 2.52. The van der Waals surface area contributed by atoms with Crippen LogP contribution in [0.3, 0.4) is 0 Å². The average Bonchev–Trinajstić information content (AvgIpc) is 3.25. The maximum atomic E-state index is 13.8. The van der Waals surface area contributed by atoms with Crippen LogP contribution in [0.15, 0.2) is 35.3 Å². The number of hydrogen-bond donors (Lipinski definition) is 2. The first kappa shape index (κ1) is 21.8. The predicted molar refractivity (Wildman–Crippen MR) is 111 cm³/mol. The molecule has 0 spiro atoms. The summed E-state index contributed by atoms with van der Waals surface area (Å²) in [4.78, 5) is 43.3. The predicted octanol–water partition coefficient (Wildman–Crippen LogP) is 0.919. The van der Waals surface area contributed by atoms with Crippen molar-refractivity contribution < 1.29 is 14.0 Å². The molecular formula is C21H28FN5O3. The second-order valence-corrected chi connectivity index (χ2v) is 7.99. The lowest BCUT2D eigenvalue weighted by Crippen LogP contribution is -2.41. The molecule has 9 heteroatoms. The highest BCUT2D eigenvalue weighted by Crippen LogP contribution is 2.29. The van der Waals surface area contributed by atoms with Gasteiger partial charge in [-0.05, 0) is 44.8 Å². The zero-order valence-corrected chi connectivity index (χ0v) is 17.5. The second kappa shape index (κ2) is 9.25.